The summed E-state index contributed by atoms with van der Waals surface area (Å²) in [4.78, 5) is 18.1. The van der Waals surface area contributed by atoms with Crippen LogP contribution < -0.4 is 5.69 Å². The molecule has 1 aromatic carbocycles. The van der Waals surface area contributed by atoms with E-state index in [2.05, 4.69) is 25.6 Å². The van der Waals surface area contributed by atoms with Gasteiger partial charge in [-0.05, 0) is 65.9 Å². The van der Waals surface area contributed by atoms with E-state index in [-0.39, 0.29) is 18.4 Å². The van der Waals surface area contributed by atoms with Crippen molar-refractivity contribution in [3.63, 3.8) is 0 Å². The van der Waals surface area contributed by atoms with Gasteiger partial charge in [0, 0.05) is 42.1 Å². The number of aromatic amines is 1. The van der Waals surface area contributed by atoms with E-state index < -0.39 is 17.4 Å². The van der Waals surface area contributed by atoms with Crippen molar-refractivity contribution in [2.24, 2.45) is 0 Å². The third kappa shape index (κ3) is 5.21. The Bertz CT molecular complexity index is 1640. The molecule has 5 aromatic rings. The Morgan fingerprint density at radius 1 is 1.05 bits per heavy atom. The number of imidazole rings is 1. The van der Waals surface area contributed by atoms with Gasteiger partial charge in [0.05, 0.1) is 12.1 Å². The van der Waals surface area contributed by atoms with Crippen molar-refractivity contribution in [1.29, 1.82) is 0 Å². The largest absolute Gasteiger partial charge is 0.419 e. The van der Waals surface area contributed by atoms with Gasteiger partial charge in [-0.2, -0.15) is 13.2 Å². The van der Waals surface area contributed by atoms with Crippen molar-refractivity contribution >= 4 is 0 Å². The molecular weight excluding hydrogens is 521 g/mol. The molecule has 1 N–H and O–H groups in total. The number of nitrogens with zero attached hydrogens (tertiary/aromatic N) is 7. The fraction of sp³-hybridized carbons (Fsp3) is 0.321. The maximum Gasteiger partial charge on any atom is 0.419 e. The summed E-state index contributed by atoms with van der Waals surface area (Å²) in [6, 6.07) is 10.2. The minimum Gasteiger partial charge on any atom is -0.331 e. The maximum atomic E-state index is 14.0. The lowest BCUT2D eigenvalue weighted by Crippen LogP contribution is -2.28. The number of pyridine rings is 1. The van der Waals surface area contributed by atoms with Crippen LogP contribution in [0.2, 0.25) is 0 Å². The average molecular weight is 551 g/mol. The van der Waals surface area contributed by atoms with E-state index in [1.54, 1.807) is 37.0 Å². The summed E-state index contributed by atoms with van der Waals surface area (Å²) < 4.78 is 46.2. The molecule has 4 aromatic heterocycles. The molecule has 12 heteroatoms. The van der Waals surface area contributed by atoms with Gasteiger partial charge in [0.1, 0.15) is 5.82 Å². The predicted molar refractivity (Wildman–Crippen MR) is 144 cm³/mol. The normalized spacial score (nSPS) is 12.0. The molecule has 0 radical (unpaired) electrons. The molecule has 9 nitrogen and oxygen atoms in total. The van der Waals surface area contributed by atoms with Crippen LogP contribution in [-0.4, -0.2) is 39.3 Å². The Labute approximate surface area is 228 Å². The third-order valence-corrected chi connectivity index (χ3v) is 6.87. The van der Waals surface area contributed by atoms with Gasteiger partial charge < -0.3 is 4.57 Å². The number of alkyl halides is 3. The van der Waals surface area contributed by atoms with Gasteiger partial charge in [-0.3, -0.25) is 14.1 Å². The van der Waals surface area contributed by atoms with Gasteiger partial charge in [0.2, 0.25) is 0 Å². The van der Waals surface area contributed by atoms with E-state index in [4.69, 9.17) is 0 Å². The summed E-state index contributed by atoms with van der Waals surface area (Å²) in [5, 5.41) is 13.9. The smallest absolute Gasteiger partial charge is 0.331 e. The molecule has 0 amide bonds. The second kappa shape index (κ2) is 10.9. The first kappa shape index (κ1) is 27.1. The Morgan fingerprint density at radius 2 is 1.80 bits per heavy atom. The van der Waals surface area contributed by atoms with Crippen LogP contribution >= 0.6 is 0 Å². The van der Waals surface area contributed by atoms with Gasteiger partial charge >= 0.3 is 11.9 Å². The second-order valence-corrected chi connectivity index (χ2v) is 9.87. The maximum absolute atomic E-state index is 14.0. The minimum absolute atomic E-state index is 0.158. The zero-order valence-corrected chi connectivity index (χ0v) is 22.4. The molecule has 5 rings (SSSR count). The highest BCUT2D eigenvalue weighted by Crippen LogP contribution is 2.36. The molecule has 0 spiro atoms. The fourth-order valence-corrected chi connectivity index (χ4v) is 4.83. The van der Waals surface area contributed by atoms with E-state index in [0.717, 1.165) is 45.7 Å². The summed E-state index contributed by atoms with van der Waals surface area (Å²) in [6.07, 6.45) is 3.91. The number of tetrazole rings is 1. The summed E-state index contributed by atoms with van der Waals surface area (Å²) >= 11 is 0. The summed E-state index contributed by atoms with van der Waals surface area (Å²) in [7, 11) is 0. The van der Waals surface area contributed by atoms with Crippen molar-refractivity contribution in [2.45, 2.75) is 58.8 Å². The van der Waals surface area contributed by atoms with Crippen molar-refractivity contribution in [2.75, 3.05) is 0 Å². The minimum atomic E-state index is -4.61. The van der Waals surface area contributed by atoms with Gasteiger partial charge in [0.25, 0.3) is 0 Å². The first-order valence-corrected chi connectivity index (χ1v) is 13.1. The van der Waals surface area contributed by atoms with E-state index in [1.807, 2.05) is 37.3 Å². The van der Waals surface area contributed by atoms with Gasteiger partial charge in [-0.25, -0.2) is 9.89 Å². The van der Waals surface area contributed by atoms with E-state index in [1.165, 1.54) is 10.8 Å². The van der Waals surface area contributed by atoms with Gasteiger partial charge in [-0.1, -0.05) is 37.6 Å². The predicted octanol–water partition coefficient (Wildman–Crippen LogP) is 5.67. The molecule has 0 aliphatic rings. The first-order chi connectivity index (χ1) is 19.2. The van der Waals surface area contributed by atoms with Crippen LogP contribution in [0.1, 0.15) is 56.5 Å². The number of H-pyrrole nitrogens is 1. The quantitative estimate of drug-likeness (QED) is 0.255. The van der Waals surface area contributed by atoms with Crippen LogP contribution in [0.3, 0.4) is 0 Å². The summed E-state index contributed by atoms with van der Waals surface area (Å²) in [5.41, 5.74) is 2.63. The third-order valence-electron chi connectivity index (χ3n) is 6.87. The van der Waals surface area contributed by atoms with Crippen molar-refractivity contribution in [1.82, 2.24) is 39.3 Å². The van der Waals surface area contributed by atoms with Crippen LogP contribution in [-0.2, 0) is 19.1 Å². The highest BCUT2D eigenvalue weighted by Gasteiger charge is 2.37. The molecule has 0 atom stereocenters. The standard InChI is InChI=1S/C28H29F3N8O/c1-4-5-6-22-17-39(26-24(28(29,30)31)12-14-37(26)18(2)3)27(40)38(22)16-21-15-32-13-11-23(21)19-7-9-20(10-8-19)25-33-35-36-34-25/h7-15,17-18H,4-6,16H2,1-3H3,(H,33,34,35,36). The topological polar surface area (TPSA) is 99.2 Å². The molecule has 0 bridgehead atoms. The Hall–Kier alpha value is -4.48. The molecule has 0 aliphatic heterocycles. The molecular formula is C28H29F3N8O. The lowest BCUT2D eigenvalue weighted by atomic mass is 10.00. The molecule has 4 heterocycles. The number of halogens is 3. The monoisotopic (exact) mass is 550 g/mol. The molecule has 0 fully saturated rings. The van der Waals surface area contributed by atoms with Crippen LogP contribution in [0.15, 0.2) is 66.0 Å². The lowest BCUT2D eigenvalue weighted by Gasteiger charge is -2.16. The number of nitrogens with one attached hydrogen (secondary N) is 1. The Kier molecular flexibility index (Phi) is 7.42. The lowest BCUT2D eigenvalue weighted by molar-refractivity contribution is -0.137. The highest BCUT2D eigenvalue weighted by atomic mass is 19.4. The Balaban J connectivity index is 1.59. The number of benzene rings is 1. The van der Waals surface area contributed by atoms with Gasteiger partial charge in [-0.15, -0.1) is 5.10 Å². The van der Waals surface area contributed by atoms with E-state index >= 15 is 0 Å². The number of hydrogen-bond donors (Lipinski definition) is 1. The van der Waals surface area contributed by atoms with Crippen LogP contribution in [0.5, 0.6) is 0 Å². The van der Waals surface area contributed by atoms with E-state index in [0.29, 0.717) is 17.9 Å². The highest BCUT2D eigenvalue weighted by molar-refractivity contribution is 5.70. The molecule has 0 saturated carbocycles. The van der Waals surface area contributed by atoms with Gasteiger partial charge in [0.15, 0.2) is 5.82 Å². The van der Waals surface area contributed by atoms with Crippen LogP contribution in [0, 0.1) is 0 Å². The van der Waals surface area contributed by atoms with E-state index in [9.17, 15) is 18.0 Å². The van der Waals surface area contributed by atoms with Crippen molar-refractivity contribution in [3.05, 3.63) is 88.5 Å². The second-order valence-electron chi connectivity index (χ2n) is 9.87. The van der Waals surface area contributed by atoms with Crippen LogP contribution in [0.4, 0.5) is 13.2 Å². The molecule has 0 unspecified atom stereocenters. The number of rotatable bonds is 9. The molecule has 0 saturated heterocycles. The molecule has 0 aliphatic carbocycles. The average Bonchev–Trinajstić information content (AvgIpc) is 3.68. The fourth-order valence-electron chi connectivity index (χ4n) is 4.83. The van der Waals surface area contributed by atoms with Crippen LogP contribution in [0.25, 0.3) is 28.3 Å². The number of unbranched alkanes of at least 4 members (excludes halogenated alkanes) is 1. The number of hydrogen-bond acceptors (Lipinski definition) is 5. The molecule has 208 valence electrons. The SMILES string of the molecule is CCCCc1cn(-c2c(C(F)(F)F)ccn2C(C)C)c(=O)n1Cc1cnccc1-c1ccc(-c2nnn[nH]2)cc1. The van der Waals surface area contributed by atoms with Crippen molar-refractivity contribution in [3.8, 4) is 28.3 Å². The zero-order valence-electron chi connectivity index (χ0n) is 22.4. The summed E-state index contributed by atoms with van der Waals surface area (Å²) in [5.74, 6) is 0.368. The first-order valence-electron chi connectivity index (χ1n) is 13.1. The number of aryl methyl sites for hydroxylation is 1. The number of aromatic nitrogens is 8. The Morgan fingerprint density at radius 3 is 2.45 bits per heavy atom. The summed E-state index contributed by atoms with van der Waals surface area (Å²) in [6.45, 7) is 5.76. The van der Waals surface area contributed by atoms with Crippen molar-refractivity contribution < 1.29 is 13.2 Å². The molecule has 40 heavy (non-hydrogen) atoms. The zero-order chi connectivity index (χ0) is 28.4.